The van der Waals surface area contributed by atoms with Crippen molar-refractivity contribution in [3.05, 3.63) is 47.8 Å². The minimum absolute atomic E-state index is 0.149. The van der Waals surface area contributed by atoms with E-state index in [9.17, 15) is 4.39 Å². The summed E-state index contributed by atoms with van der Waals surface area (Å²) < 4.78 is 34.9. The standard InChI is InChI=1S/C21H28FN3O4/c1-14(29-16-8-6-15(22)7-9-16)12-24-21(23-2)25-13-18-19(27-4)10-17(26-3)11-20(18)28-5/h6-11,14H,12-13H2,1-5H3,(H2,23,24,25). The number of guanidine groups is 1. The van der Waals surface area contributed by atoms with Crippen LogP contribution in [0.3, 0.4) is 0 Å². The summed E-state index contributed by atoms with van der Waals surface area (Å²) >= 11 is 0. The van der Waals surface area contributed by atoms with Crippen molar-refractivity contribution in [1.82, 2.24) is 10.6 Å². The second-order valence-corrected chi connectivity index (χ2v) is 6.20. The van der Waals surface area contributed by atoms with E-state index in [-0.39, 0.29) is 11.9 Å². The fourth-order valence-corrected chi connectivity index (χ4v) is 2.67. The molecule has 0 aliphatic heterocycles. The number of nitrogens with one attached hydrogen (secondary N) is 2. The van der Waals surface area contributed by atoms with Crippen LogP contribution in [0.25, 0.3) is 0 Å². The zero-order chi connectivity index (χ0) is 21.2. The second kappa shape index (κ2) is 11.0. The largest absolute Gasteiger partial charge is 0.496 e. The predicted molar refractivity (Wildman–Crippen MR) is 111 cm³/mol. The summed E-state index contributed by atoms with van der Waals surface area (Å²) in [5, 5.41) is 6.43. The van der Waals surface area contributed by atoms with Crippen LogP contribution in [-0.4, -0.2) is 47.0 Å². The van der Waals surface area contributed by atoms with E-state index in [0.29, 0.717) is 42.0 Å². The first-order chi connectivity index (χ1) is 14.0. The Morgan fingerprint density at radius 3 is 2.10 bits per heavy atom. The Labute approximate surface area is 170 Å². The Morgan fingerprint density at radius 2 is 1.59 bits per heavy atom. The minimum atomic E-state index is -0.294. The maximum atomic E-state index is 13.0. The van der Waals surface area contributed by atoms with Crippen molar-refractivity contribution in [2.24, 2.45) is 4.99 Å². The summed E-state index contributed by atoms with van der Waals surface area (Å²) in [6.07, 6.45) is -0.149. The number of methoxy groups -OCH3 is 3. The molecule has 0 bridgehead atoms. The lowest BCUT2D eigenvalue weighted by molar-refractivity contribution is 0.223. The van der Waals surface area contributed by atoms with Crippen molar-refractivity contribution in [3.8, 4) is 23.0 Å². The van der Waals surface area contributed by atoms with Gasteiger partial charge in [0.25, 0.3) is 0 Å². The number of benzene rings is 2. The highest BCUT2D eigenvalue weighted by molar-refractivity contribution is 5.79. The van der Waals surface area contributed by atoms with Gasteiger partial charge in [-0.2, -0.15) is 0 Å². The number of aliphatic imine (C=N–C) groups is 1. The molecule has 0 aliphatic rings. The SMILES string of the molecule is CN=C(NCc1c(OC)cc(OC)cc1OC)NCC(C)Oc1ccc(F)cc1. The van der Waals surface area contributed by atoms with Gasteiger partial charge in [-0.3, -0.25) is 4.99 Å². The van der Waals surface area contributed by atoms with Crippen molar-refractivity contribution >= 4 is 5.96 Å². The number of rotatable bonds is 9. The first kappa shape index (κ1) is 22.1. The lowest BCUT2D eigenvalue weighted by Crippen LogP contribution is -2.41. The average Bonchev–Trinajstić information content (AvgIpc) is 2.74. The first-order valence-corrected chi connectivity index (χ1v) is 9.16. The number of halogens is 1. The molecule has 8 heteroatoms. The molecule has 29 heavy (non-hydrogen) atoms. The molecule has 0 saturated carbocycles. The molecule has 0 amide bonds. The zero-order valence-corrected chi connectivity index (χ0v) is 17.4. The van der Waals surface area contributed by atoms with E-state index < -0.39 is 0 Å². The Bertz CT molecular complexity index is 787. The Balaban J connectivity index is 1.94. The van der Waals surface area contributed by atoms with Crippen LogP contribution in [-0.2, 0) is 6.54 Å². The van der Waals surface area contributed by atoms with Crippen molar-refractivity contribution in [1.29, 1.82) is 0 Å². The van der Waals surface area contributed by atoms with E-state index >= 15 is 0 Å². The van der Waals surface area contributed by atoms with Crippen molar-refractivity contribution < 1.29 is 23.3 Å². The van der Waals surface area contributed by atoms with Crippen LogP contribution in [0, 0.1) is 5.82 Å². The summed E-state index contributed by atoms with van der Waals surface area (Å²) in [5.74, 6) is 2.86. The summed E-state index contributed by atoms with van der Waals surface area (Å²) in [7, 11) is 6.47. The van der Waals surface area contributed by atoms with Crippen LogP contribution in [0.2, 0.25) is 0 Å². The third-order valence-electron chi connectivity index (χ3n) is 4.18. The molecule has 0 fully saturated rings. The highest BCUT2D eigenvalue weighted by Gasteiger charge is 2.14. The van der Waals surface area contributed by atoms with Gasteiger partial charge in [0, 0.05) is 19.2 Å². The Morgan fingerprint density at radius 1 is 0.966 bits per heavy atom. The quantitative estimate of drug-likeness (QED) is 0.494. The fraction of sp³-hybridized carbons (Fsp3) is 0.381. The van der Waals surface area contributed by atoms with Crippen LogP contribution in [0.15, 0.2) is 41.4 Å². The topological polar surface area (TPSA) is 73.3 Å². The molecule has 2 N–H and O–H groups in total. The van der Waals surface area contributed by atoms with Gasteiger partial charge in [-0.15, -0.1) is 0 Å². The third-order valence-corrected chi connectivity index (χ3v) is 4.18. The van der Waals surface area contributed by atoms with Crippen LogP contribution in [0.5, 0.6) is 23.0 Å². The Hall–Kier alpha value is -3.16. The second-order valence-electron chi connectivity index (χ2n) is 6.20. The molecular formula is C21H28FN3O4. The highest BCUT2D eigenvalue weighted by Crippen LogP contribution is 2.33. The van der Waals surface area contributed by atoms with Crippen molar-refractivity contribution in [2.75, 3.05) is 34.9 Å². The van der Waals surface area contributed by atoms with Gasteiger partial charge in [0.1, 0.15) is 34.9 Å². The average molecular weight is 405 g/mol. The summed E-state index contributed by atoms with van der Waals surface area (Å²) in [4.78, 5) is 4.22. The highest BCUT2D eigenvalue weighted by atomic mass is 19.1. The van der Waals surface area contributed by atoms with Crippen LogP contribution >= 0.6 is 0 Å². The van der Waals surface area contributed by atoms with Gasteiger partial charge in [-0.1, -0.05) is 0 Å². The van der Waals surface area contributed by atoms with Gasteiger partial charge in [0.2, 0.25) is 0 Å². The molecule has 2 aromatic rings. The molecule has 2 rings (SSSR count). The molecule has 1 unspecified atom stereocenters. The zero-order valence-electron chi connectivity index (χ0n) is 17.4. The van der Waals surface area contributed by atoms with Crippen LogP contribution in [0.1, 0.15) is 12.5 Å². The summed E-state index contributed by atoms with van der Waals surface area (Å²) in [6.45, 7) is 2.86. The van der Waals surface area contributed by atoms with Gasteiger partial charge in [0.15, 0.2) is 5.96 Å². The van der Waals surface area contributed by atoms with Crippen LogP contribution < -0.4 is 29.6 Å². The summed E-state index contributed by atoms with van der Waals surface area (Å²) in [5.41, 5.74) is 0.842. The van der Waals surface area contributed by atoms with Crippen LogP contribution in [0.4, 0.5) is 4.39 Å². The smallest absolute Gasteiger partial charge is 0.191 e. The normalized spacial score (nSPS) is 12.1. The maximum Gasteiger partial charge on any atom is 0.191 e. The molecule has 1 atom stereocenters. The van der Waals surface area contributed by atoms with E-state index in [1.165, 1.54) is 12.1 Å². The Kier molecular flexibility index (Phi) is 8.39. The van der Waals surface area contributed by atoms with Gasteiger partial charge in [-0.25, -0.2) is 4.39 Å². The molecule has 158 valence electrons. The molecule has 2 aromatic carbocycles. The molecule has 0 radical (unpaired) electrons. The fourth-order valence-electron chi connectivity index (χ4n) is 2.67. The van der Waals surface area contributed by atoms with Gasteiger partial charge in [-0.05, 0) is 31.2 Å². The summed E-state index contributed by atoms with van der Waals surface area (Å²) in [6, 6.07) is 9.53. The molecule has 0 saturated heterocycles. The lowest BCUT2D eigenvalue weighted by atomic mass is 10.1. The first-order valence-electron chi connectivity index (χ1n) is 9.16. The monoisotopic (exact) mass is 405 g/mol. The van der Waals surface area contributed by atoms with Crippen molar-refractivity contribution in [2.45, 2.75) is 19.6 Å². The minimum Gasteiger partial charge on any atom is -0.496 e. The van der Waals surface area contributed by atoms with Gasteiger partial charge < -0.3 is 29.6 Å². The van der Waals surface area contributed by atoms with E-state index in [1.54, 1.807) is 52.6 Å². The molecule has 7 nitrogen and oxygen atoms in total. The van der Waals surface area contributed by atoms with E-state index in [0.717, 1.165) is 5.56 Å². The number of hydrogen-bond donors (Lipinski definition) is 2. The molecule has 0 aliphatic carbocycles. The molecular weight excluding hydrogens is 377 g/mol. The maximum absolute atomic E-state index is 13.0. The predicted octanol–water partition coefficient (Wildman–Crippen LogP) is 2.98. The van der Waals surface area contributed by atoms with E-state index in [1.807, 2.05) is 6.92 Å². The van der Waals surface area contributed by atoms with Crippen molar-refractivity contribution in [3.63, 3.8) is 0 Å². The van der Waals surface area contributed by atoms with Gasteiger partial charge >= 0.3 is 0 Å². The molecule has 0 heterocycles. The lowest BCUT2D eigenvalue weighted by Gasteiger charge is -2.19. The van der Waals surface area contributed by atoms with Gasteiger partial charge in [0.05, 0.1) is 40.0 Å². The molecule has 0 aromatic heterocycles. The molecule has 0 spiro atoms. The number of ether oxygens (including phenoxy) is 4. The van der Waals surface area contributed by atoms with E-state index in [4.69, 9.17) is 18.9 Å². The van der Waals surface area contributed by atoms with E-state index in [2.05, 4.69) is 15.6 Å². The number of nitrogens with zero attached hydrogens (tertiary/aromatic N) is 1. The number of hydrogen-bond acceptors (Lipinski definition) is 5. The third kappa shape index (κ3) is 6.44.